The molecule has 2 heterocycles. The molecule has 0 bridgehead atoms. The monoisotopic (exact) mass is 349 g/mol. The summed E-state index contributed by atoms with van der Waals surface area (Å²) in [5.41, 5.74) is 6.59. The van der Waals surface area contributed by atoms with Crippen LogP contribution in [0.5, 0.6) is 0 Å². The molecular formula is C16H19N3O4S. The minimum Gasteiger partial charge on any atom is -0.480 e. The van der Waals surface area contributed by atoms with Gasteiger partial charge in [0.1, 0.15) is 23.5 Å². The maximum Gasteiger partial charge on any atom is 0.327 e. The summed E-state index contributed by atoms with van der Waals surface area (Å²) in [7, 11) is 0. The van der Waals surface area contributed by atoms with Gasteiger partial charge in [0.2, 0.25) is 11.8 Å². The minimum atomic E-state index is -1.03. The van der Waals surface area contributed by atoms with Crippen LogP contribution in [0.4, 0.5) is 0 Å². The molecule has 3 unspecified atom stereocenters. The van der Waals surface area contributed by atoms with E-state index in [9.17, 15) is 19.5 Å². The molecule has 7 nitrogen and oxygen atoms in total. The van der Waals surface area contributed by atoms with Crippen molar-refractivity contribution in [2.24, 2.45) is 5.73 Å². The first-order valence-electron chi connectivity index (χ1n) is 7.58. The number of benzene rings is 1. The number of carbonyl (C=O) groups excluding carboxylic acids is 2. The number of hydrogen-bond acceptors (Lipinski definition) is 5. The number of nitrogens with two attached hydrogens (primary N) is 1. The van der Waals surface area contributed by atoms with Crippen molar-refractivity contribution in [1.82, 2.24) is 10.2 Å². The zero-order valence-electron chi connectivity index (χ0n) is 13.3. The first kappa shape index (κ1) is 16.8. The molecule has 8 heteroatoms. The molecule has 0 spiro atoms. The van der Waals surface area contributed by atoms with Gasteiger partial charge in [-0.2, -0.15) is 0 Å². The lowest BCUT2D eigenvalue weighted by atomic mass is 9.95. The van der Waals surface area contributed by atoms with E-state index in [0.29, 0.717) is 5.56 Å². The molecule has 4 N–H and O–H groups in total. The normalized spacial score (nSPS) is 28.7. The average molecular weight is 349 g/mol. The van der Waals surface area contributed by atoms with Crippen LogP contribution in [0, 0.1) is 0 Å². The standard InChI is InChI=1S/C16H19N3O4S/c1-16(2)11(15(22)23)19-13(21)10(14(19)24-16)18-12(20)9(17)8-6-4-3-5-7-8/h3-7,9-11,14H,17H2,1-2H3,(H,18,20)(H,22,23)/t9?,10?,11-,14?/m0/s1. The molecule has 0 aliphatic carbocycles. The lowest BCUT2D eigenvalue weighted by molar-refractivity contribution is -0.161. The second-order valence-corrected chi connectivity index (χ2v) is 8.24. The highest BCUT2D eigenvalue weighted by Crippen LogP contribution is 2.50. The SMILES string of the molecule is CC1(C)SC2C(NC(=O)C(N)c3ccccc3)C(=O)N2[C@H]1C(=O)O. The predicted octanol–water partition coefficient (Wildman–Crippen LogP) is 0.318. The third-order valence-corrected chi connectivity index (χ3v) is 5.99. The Morgan fingerprint density at radius 2 is 1.96 bits per heavy atom. The first-order chi connectivity index (χ1) is 11.2. The Hall–Kier alpha value is -2.06. The number of β-lactam (4-membered cyclic amide) rings is 1. The van der Waals surface area contributed by atoms with Crippen molar-refractivity contribution in [3.8, 4) is 0 Å². The van der Waals surface area contributed by atoms with E-state index in [2.05, 4.69) is 5.32 Å². The van der Waals surface area contributed by atoms with Crippen LogP contribution in [0.15, 0.2) is 30.3 Å². The van der Waals surface area contributed by atoms with Gasteiger partial charge in [0.15, 0.2) is 0 Å². The Morgan fingerprint density at radius 1 is 1.33 bits per heavy atom. The quantitative estimate of drug-likeness (QED) is 0.675. The maximum atomic E-state index is 12.3. The van der Waals surface area contributed by atoms with E-state index in [-0.39, 0.29) is 11.3 Å². The van der Waals surface area contributed by atoms with E-state index >= 15 is 0 Å². The fraction of sp³-hybridized carbons (Fsp3) is 0.438. The number of thioether (sulfide) groups is 1. The molecular weight excluding hydrogens is 330 g/mol. The number of carboxylic acid groups (broad SMARTS) is 1. The Balaban J connectivity index is 1.71. The van der Waals surface area contributed by atoms with Crippen LogP contribution in [-0.4, -0.2) is 50.0 Å². The van der Waals surface area contributed by atoms with Gasteiger partial charge in [-0.25, -0.2) is 4.79 Å². The second kappa shape index (κ2) is 5.78. The molecule has 0 aromatic heterocycles. The first-order valence-corrected chi connectivity index (χ1v) is 8.45. The molecule has 2 amide bonds. The van der Waals surface area contributed by atoms with Gasteiger partial charge in [-0.05, 0) is 19.4 Å². The molecule has 2 aliphatic rings. The highest BCUT2D eigenvalue weighted by Gasteiger charge is 2.64. The van der Waals surface area contributed by atoms with Crippen molar-refractivity contribution in [2.45, 2.75) is 42.1 Å². The van der Waals surface area contributed by atoms with Gasteiger partial charge in [0.05, 0.1) is 0 Å². The Labute approximate surface area is 143 Å². The summed E-state index contributed by atoms with van der Waals surface area (Å²) >= 11 is 1.38. The van der Waals surface area contributed by atoms with Gasteiger partial charge in [-0.3, -0.25) is 9.59 Å². The van der Waals surface area contributed by atoms with Crippen LogP contribution in [0.2, 0.25) is 0 Å². The molecule has 0 radical (unpaired) electrons. The van der Waals surface area contributed by atoms with E-state index in [4.69, 9.17) is 5.73 Å². The molecule has 2 aliphatic heterocycles. The van der Waals surface area contributed by atoms with Gasteiger partial charge in [0, 0.05) is 4.75 Å². The number of aliphatic carboxylic acids is 1. The highest BCUT2D eigenvalue weighted by atomic mass is 32.2. The van der Waals surface area contributed by atoms with Crippen LogP contribution in [0.1, 0.15) is 25.5 Å². The molecule has 2 saturated heterocycles. The summed E-state index contributed by atoms with van der Waals surface area (Å²) < 4.78 is -0.618. The lowest BCUT2D eigenvalue weighted by Crippen LogP contribution is -2.71. The summed E-state index contributed by atoms with van der Waals surface area (Å²) in [6, 6.07) is 6.38. The number of nitrogens with zero attached hydrogens (tertiary/aromatic N) is 1. The van der Waals surface area contributed by atoms with Gasteiger partial charge >= 0.3 is 5.97 Å². The van der Waals surface area contributed by atoms with E-state index in [1.807, 2.05) is 6.07 Å². The predicted molar refractivity (Wildman–Crippen MR) is 89.0 cm³/mol. The number of rotatable bonds is 4. The van der Waals surface area contributed by atoms with Crippen LogP contribution >= 0.6 is 11.8 Å². The number of carbonyl (C=O) groups is 3. The average Bonchev–Trinajstić information content (AvgIpc) is 2.80. The van der Waals surface area contributed by atoms with Crippen LogP contribution in [0.25, 0.3) is 0 Å². The summed E-state index contributed by atoms with van der Waals surface area (Å²) in [5.74, 6) is -1.86. The number of amides is 2. The number of nitrogens with one attached hydrogen (secondary N) is 1. The number of carboxylic acids is 1. The molecule has 0 saturated carbocycles. The van der Waals surface area contributed by atoms with E-state index in [0.717, 1.165) is 0 Å². The van der Waals surface area contributed by atoms with E-state index in [1.54, 1.807) is 38.1 Å². The van der Waals surface area contributed by atoms with Crippen molar-refractivity contribution in [2.75, 3.05) is 0 Å². The fourth-order valence-electron chi connectivity index (χ4n) is 3.20. The van der Waals surface area contributed by atoms with Crippen LogP contribution < -0.4 is 11.1 Å². The summed E-state index contributed by atoms with van der Waals surface area (Å²) in [6.45, 7) is 3.58. The number of fused-ring (bicyclic) bond motifs is 1. The largest absolute Gasteiger partial charge is 0.480 e. The van der Waals surface area contributed by atoms with Crippen molar-refractivity contribution < 1.29 is 19.5 Å². The van der Waals surface area contributed by atoms with Crippen molar-refractivity contribution in [3.05, 3.63) is 35.9 Å². The van der Waals surface area contributed by atoms with Gasteiger partial charge in [0.25, 0.3) is 0 Å². The lowest BCUT2D eigenvalue weighted by Gasteiger charge is -2.43. The van der Waals surface area contributed by atoms with E-state index < -0.39 is 34.7 Å². The third kappa shape index (κ3) is 2.55. The Kier molecular flexibility index (Phi) is 4.05. The molecule has 128 valence electrons. The second-order valence-electron chi connectivity index (χ2n) is 6.47. The smallest absolute Gasteiger partial charge is 0.327 e. The highest BCUT2D eigenvalue weighted by molar-refractivity contribution is 8.01. The van der Waals surface area contributed by atoms with E-state index in [1.165, 1.54) is 16.7 Å². The van der Waals surface area contributed by atoms with Gasteiger partial charge < -0.3 is 21.1 Å². The molecule has 4 atom stereocenters. The fourth-order valence-corrected chi connectivity index (χ4v) is 4.83. The Morgan fingerprint density at radius 3 is 2.54 bits per heavy atom. The molecule has 1 aromatic rings. The third-order valence-electron chi connectivity index (χ3n) is 4.41. The summed E-state index contributed by atoms with van der Waals surface area (Å²) in [6.07, 6.45) is 0. The van der Waals surface area contributed by atoms with Crippen LogP contribution in [-0.2, 0) is 14.4 Å². The maximum absolute atomic E-state index is 12.3. The minimum absolute atomic E-state index is 0.375. The molecule has 1 aromatic carbocycles. The summed E-state index contributed by atoms with van der Waals surface area (Å²) in [5, 5.41) is 11.7. The molecule has 24 heavy (non-hydrogen) atoms. The van der Waals surface area contributed by atoms with Gasteiger partial charge in [-0.15, -0.1) is 11.8 Å². The summed E-state index contributed by atoms with van der Waals surface area (Å²) in [4.78, 5) is 37.5. The Bertz CT molecular complexity index is 694. The van der Waals surface area contributed by atoms with Crippen molar-refractivity contribution in [3.63, 3.8) is 0 Å². The van der Waals surface area contributed by atoms with Crippen molar-refractivity contribution >= 4 is 29.5 Å². The van der Waals surface area contributed by atoms with Crippen LogP contribution in [0.3, 0.4) is 0 Å². The zero-order chi connectivity index (χ0) is 17.6. The van der Waals surface area contributed by atoms with Crippen molar-refractivity contribution in [1.29, 1.82) is 0 Å². The topological polar surface area (TPSA) is 113 Å². The zero-order valence-corrected chi connectivity index (χ0v) is 14.1. The molecule has 2 fully saturated rings. The van der Waals surface area contributed by atoms with Gasteiger partial charge in [-0.1, -0.05) is 30.3 Å². The number of hydrogen-bond donors (Lipinski definition) is 3. The molecule has 3 rings (SSSR count).